The van der Waals surface area contributed by atoms with Gasteiger partial charge in [0.05, 0.1) is 5.41 Å². The predicted molar refractivity (Wildman–Crippen MR) is 213 cm³/mol. The monoisotopic (exact) mass is 690 g/mol. The Balaban J connectivity index is 1.19. The van der Waals surface area contributed by atoms with Crippen molar-refractivity contribution in [2.24, 2.45) is 22.6 Å². The van der Waals surface area contributed by atoms with Crippen molar-refractivity contribution < 1.29 is 4.74 Å². The van der Waals surface area contributed by atoms with Gasteiger partial charge in [0, 0.05) is 41.4 Å². The molecule has 5 nitrogen and oxygen atoms in total. The van der Waals surface area contributed by atoms with Crippen LogP contribution < -0.4 is 15.8 Å². The van der Waals surface area contributed by atoms with Crippen LogP contribution in [0.3, 0.4) is 0 Å². The Kier molecular flexibility index (Phi) is 7.31. The zero-order valence-electron chi connectivity index (χ0n) is 30.0. The van der Waals surface area contributed by atoms with Gasteiger partial charge < -0.3 is 10.5 Å². The van der Waals surface area contributed by atoms with E-state index < -0.39 is 11.1 Å². The minimum absolute atomic E-state index is 0.00821. The summed E-state index contributed by atoms with van der Waals surface area (Å²) in [4.78, 5) is 10.3. The van der Waals surface area contributed by atoms with Gasteiger partial charge in [-0.15, -0.1) is 0 Å². The second-order valence-corrected chi connectivity index (χ2v) is 15.3. The van der Waals surface area contributed by atoms with E-state index in [9.17, 15) is 0 Å². The van der Waals surface area contributed by atoms with Crippen LogP contribution in [-0.2, 0) is 17.5 Å². The molecule has 0 amide bonds. The molecule has 0 saturated carbocycles. The summed E-state index contributed by atoms with van der Waals surface area (Å²) in [6, 6.07) is 34.2. The lowest BCUT2D eigenvalue weighted by atomic mass is 9.54. The van der Waals surface area contributed by atoms with Crippen molar-refractivity contribution in [3.63, 3.8) is 0 Å². The maximum absolute atomic E-state index is 6.76. The maximum Gasteiger partial charge on any atom is 0.136 e. The number of nitrogens with two attached hydrogens (primary N) is 1. The first-order chi connectivity index (χ1) is 26.0. The Morgan fingerprint density at radius 1 is 0.849 bits per heavy atom. The Bertz CT molecular complexity index is 2410. The van der Waals surface area contributed by atoms with Crippen molar-refractivity contribution >= 4 is 5.84 Å². The molecule has 10 rings (SSSR count). The fraction of sp³-hybridized carbons (Fsp3) is 0.208. The van der Waals surface area contributed by atoms with Gasteiger partial charge >= 0.3 is 0 Å². The van der Waals surface area contributed by atoms with E-state index >= 15 is 0 Å². The van der Waals surface area contributed by atoms with Crippen LogP contribution >= 0.6 is 0 Å². The number of ether oxygens (including phenoxy) is 1. The van der Waals surface area contributed by atoms with Crippen molar-refractivity contribution in [3.8, 4) is 16.9 Å². The molecular formula is C48H42N4O. The van der Waals surface area contributed by atoms with E-state index in [0.29, 0.717) is 11.8 Å². The molecule has 53 heavy (non-hydrogen) atoms. The van der Waals surface area contributed by atoms with Gasteiger partial charge in [-0.2, -0.15) is 0 Å². The van der Waals surface area contributed by atoms with Gasteiger partial charge in [0.1, 0.15) is 23.4 Å². The second-order valence-electron chi connectivity index (χ2n) is 15.3. The Hall–Kier alpha value is -5.78. The zero-order chi connectivity index (χ0) is 35.7. The topological polar surface area (TPSA) is 72.5 Å². The summed E-state index contributed by atoms with van der Waals surface area (Å²) < 4.78 is 6.73. The van der Waals surface area contributed by atoms with Gasteiger partial charge in [-0.05, 0) is 88.9 Å². The summed E-state index contributed by atoms with van der Waals surface area (Å²) >= 11 is 0. The average Bonchev–Trinajstić information content (AvgIpc) is 3.71. The molecule has 0 radical (unpaired) electrons. The largest absolute Gasteiger partial charge is 0.485 e. The summed E-state index contributed by atoms with van der Waals surface area (Å²) in [6.45, 7) is 4.36. The highest BCUT2D eigenvalue weighted by Gasteiger charge is 2.56. The molecule has 1 aliphatic heterocycles. The number of allylic oxidation sites excluding steroid dienone is 6. The third-order valence-electron chi connectivity index (χ3n) is 12.3. The van der Waals surface area contributed by atoms with E-state index in [-0.39, 0.29) is 24.0 Å². The molecule has 5 aliphatic rings. The number of fused-ring (bicyclic) bond motifs is 12. The number of aromatic nitrogens is 1. The molecule has 260 valence electrons. The van der Waals surface area contributed by atoms with Crippen LogP contribution in [0.25, 0.3) is 11.1 Å². The third kappa shape index (κ3) is 4.80. The predicted octanol–water partition coefficient (Wildman–Crippen LogP) is 9.21. The molecule has 1 spiro atoms. The molecule has 2 heterocycles. The van der Waals surface area contributed by atoms with Crippen molar-refractivity contribution in [1.29, 1.82) is 0 Å². The smallest absolute Gasteiger partial charge is 0.136 e. The number of hydrogen-bond donors (Lipinski definition) is 2. The first-order valence-electron chi connectivity index (χ1n) is 18.8. The van der Waals surface area contributed by atoms with E-state index in [1.54, 1.807) is 0 Å². The molecule has 4 aromatic carbocycles. The number of amidine groups is 1. The summed E-state index contributed by atoms with van der Waals surface area (Å²) in [6.07, 6.45) is 23.3. The standard InChI is InChI=1S/C48H42N4O/c1-30(51-47(2,34-19-7-4-8-20-34)52-46(49)31-15-5-3-6-16-31)38-28-50-29-42-45(38)37-26-36-35-21-11-14-24-43(35)53-44(36)27-41(37)48(42)39-22-12-9-17-32(39)25-33-18-10-13-23-40(33)48/h3-24,26-30,32,35,39,43,51H,25H2,1-2H3,(H2,49,52). The van der Waals surface area contributed by atoms with Crippen molar-refractivity contribution in [1.82, 2.24) is 10.3 Å². The Morgan fingerprint density at radius 2 is 1.58 bits per heavy atom. The van der Waals surface area contributed by atoms with Crippen LogP contribution in [0.1, 0.15) is 70.3 Å². The number of pyridine rings is 1. The lowest BCUT2D eigenvalue weighted by molar-refractivity contribution is 0.267. The van der Waals surface area contributed by atoms with E-state index in [4.69, 9.17) is 20.4 Å². The molecule has 0 saturated heterocycles. The summed E-state index contributed by atoms with van der Waals surface area (Å²) in [5.74, 6) is 2.22. The fourth-order valence-electron chi connectivity index (χ4n) is 10.0. The van der Waals surface area contributed by atoms with Crippen LogP contribution in [0.2, 0.25) is 0 Å². The van der Waals surface area contributed by atoms with Gasteiger partial charge in [-0.3, -0.25) is 10.3 Å². The Morgan fingerprint density at radius 3 is 2.43 bits per heavy atom. The molecule has 7 atom stereocenters. The van der Waals surface area contributed by atoms with Crippen molar-refractivity contribution in [2.45, 2.75) is 49.4 Å². The number of hydrogen-bond acceptors (Lipinski definition) is 4. The molecular weight excluding hydrogens is 649 g/mol. The van der Waals surface area contributed by atoms with Crippen molar-refractivity contribution in [2.75, 3.05) is 0 Å². The molecule has 5 heteroatoms. The molecule has 0 bridgehead atoms. The summed E-state index contributed by atoms with van der Waals surface area (Å²) in [5, 5.41) is 3.97. The SMILES string of the molecule is CC(NC(C)(N=C(N)c1ccccc1)c1ccccc1)c1cncc2c1-c1cc3c(cc1C21c2ccccc2CC2C=CC=CC21)OC1C=CC=CC31. The molecule has 5 aromatic rings. The highest BCUT2D eigenvalue weighted by molar-refractivity contribution is 5.97. The maximum atomic E-state index is 6.76. The van der Waals surface area contributed by atoms with Crippen LogP contribution in [0.4, 0.5) is 0 Å². The fourth-order valence-corrected chi connectivity index (χ4v) is 10.0. The van der Waals surface area contributed by atoms with Gasteiger partial charge in [-0.1, -0.05) is 127 Å². The molecule has 3 N–H and O–H groups in total. The normalized spacial score (nSPS) is 25.7. The quantitative estimate of drug-likeness (QED) is 0.138. The van der Waals surface area contributed by atoms with E-state index in [1.165, 1.54) is 38.9 Å². The Labute approximate surface area is 311 Å². The highest BCUT2D eigenvalue weighted by Crippen LogP contribution is 2.64. The molecule has 7 unspecified atom stereocenters. The van der Waals surface area contributed by atoms with E-state index in [2.05, 4.69) is 141 Å². The van der Waals surface area contributed by atoms with Crippen LogP contribution in [0.15, 0.2) is 163 Å². The number of rotatable bonds is 6. The van der Waals surface area contributed by atoms with Gasteiger partial charge in [0.15, 0.2) is 0 Å². The zero-order valence-corrected chi connectivity index (χ0v) is 30.0. The minimum Gasteiger partial charge on any atom is -0.485 e. The van der Waals surface area contributed by atoms with Crippen molar-refractivity contribution in [3.05, 3.63) is 203 Å². The summed E-state index contributed by atoms with van der Waals surface area (Å²) in [5.41, 5.74) is 17.6. The first-order valence-corrected chi connectivity index (χ1v) is 18.8. The van der Waals surface area contributed by atoms with Crippen LogP contribution in [0, 0.1) is 11.8 Å². The van der Waals surface area contributed by atoms with E-state index in [1.807, 2.05) is 36.4 Å². The van der Waals surface area contributed by atoms with Crippen LogP contribution in [0.5, 0.6) is 5.75 Å². The lowest BCUT2D eigenvalue weighted by Crippen LogP contribution is -2.44. The summed E-state index contributed by atoms with van der Waals surface area (Å²) in [7, 11) is 0. The van der Waals surface area contributed by atoms with Gasteiger partial charge in [0.2, 0.25) is 0 Å². The average molecular weight is 691 g/mol. The molecule has 4 aliphatic carbocycles. The molecule has 0 fully saturated rings. The number of nitrogens with zero attached hydrogens (tertiary/aromatic N) is 2. The molecule has 1 aromatic heterocycles. The number of nitrogens with one attached hydrogen (secondary N) is 1. The van der Waals surface area contributed by atoms with Crippen LogP contribution in [-0.4, -0.2) is 16.9 Å². The van der Waals surface area contributed by atoms with E-state index in [0.717, 1.165) is 28.9 Å². The second kappa shape index (κ2) is 12.1. The number of benzene rings is 4. The highest BCUT2D eigenvalue weighted by atomic mass is 16.5. The number of aliphatic imine (C=N–C) groups is 1. The lowest BCUT2D eigenvalue weighted by Gasteiger charge is -2.47. The minimum atomic E-state index is -0.833. The van der Waals surface area contributed by atoms with Gasteiger partial charge in [0.25, 0.3) is 0 Å². The first kappa shape index (κ1) is 31.9. The van der Waals surface area contributed by atoms with Gasteiger partial charge in [-0.25, -0.2) is 4.99 Å². The third-order valence-corrected chi connectivity index (χ3v) is 12.3.